The molecule has 0 radical (unpaired) electrons. The Morgan fingerprint density at radius 1 is 1.24 bits per heavy atom. The molecule has 1 saturated heterocycles. The van der Waals surface area contributed by atoms with Crippen LogP contribution in [-0.4, -0.2) is 72.9 Å². The first-order valence-corrected chi connectivity index (χ1v) is 11.7. The smallest absolute Gasteiger partial charge is 0.0999 e. The molecule has 0 atom stereocenters. The van der Waals surface area contributed by atoms with E-state index >= 15 is 0 Å². The molecule has 176 valence electrons. The van der Waals surface area contributed by atoms with Crippen molar-refractivity contribution in [2.24, 2.45) is 0 Å². The maximum atomic E-state index is 10.8. The lowest BCUT2D eigenvalue weighted by Gasteiger charge is -2.36. The molecule has 0 amide bonds. The standard InChI is InChI=1S/C24H34N8O/c1-4-20(5-2)31-15-19(14-28-31)23-22-6-9-27-32(22)16-21(29-23)18(12-25)13-26-17-24(33)7-10-30(3)11-8-24/h6,9,12-16,20,25-26,33H,4-5,7-8,10-11,17H2,1-3H3/b18-13+,25-12?. The fourth-order valence-electron chi connectivity index (χ4n) is 4.35. The van der Waals surface area contributed by atoms with E-state index in [-0.39, 0.29) is 0 Å². The van der Waals surface area contributed by atoms with E-state index in [1.165, 1.54) is 6.21 Å². The van der Waals surface area contributed by atoms with E-state index in [4.69, 9.17) is 10.4 Å². The maximum Gasteiger partial charge on any atom is 0.0999 e. The molecule has 0 aromatic carbocycles. The van der Waals surface area contributed by atoms with Crippen molar-refractivity contribution >= 4 is 17.3 Å². The zero-order chi connectivity index (χ0) is 23.4. The van der Waals surface area contributed by atoms with Gasteiger partial charge in [-0.05, 0) is 38.8 Å². The van der Waals surface area contributed by atoms with Crippen LogP contribution in [0, 0.1) is 5.41 Å². The molecule has 0 saturated carbocycles. The molecular formula is C24H34N8O. The van der Waals surface area contributed by atoms with Crippen molar-refractivity contribution in [2.45, 2.75) is 51.2 Å². The van der Waals surface area contributed by atoms with Crippen LogP contribution in [0.4, 0.5) is 0 Å². The third kappa shape index (κ3) is 4.99. The molecule has 4 heterocycles. The number of hydrogen-bond acceptors (Lipinski definition) is 7. The van der Waals surface area contributed by atoms with Gasteiger partial charge in [0.2, 0.25) is 0 Å². The van der Waals surface area contributed by atoms with Gasteiger partial charge in [0.15, 0.2) is 0 Å². The minimum atomic E-state index is -0.732. The van der Waals surface area contributed by atoms with Gasteiger partial charge >= 0.3 is 0 Å². The van der Waals surface area contributed by atoms with Crippen molar-refractivity contribution in [2.75, 3.05) is 26.7 Å². The van der Waals surface area contributed by atoms with E-state index in [9.17, 15) is 5.11 Å². The fraction of sp³-hybridized carbons (Fsp3) is 0.500. The van der Waals surface area contributed by atoms with Crippen molar-refractivity contribution in [3.05, 3.63) is 42.7 Å². The molecule has 9 nitrogen and oxygen atoms in total. The van der Waals surface area contributed by atoms with Gasteiger partial charge in [0.05, 0.1) is 47.1 Å². The lowest BCUT2D eigenvalue weighted by Crippen LogP contribution is -2.48. The van der Waals surface area contributed by atoms with Gasteiger partial charge < -0.3 is 20.7 Å². The summed E-state index contributed by atoms with van der Waals surface area (Å²) in [5.74, 6) is 0. The van der Waals surface area contributed by atoms with Crippen LogP contribution in [0.3, 0.4) is 0 Å². The van der Waals surface area contributed by atoms with Gasteiger partial charge in [-0.25, -0.2) is 9.50 Å². The van der Waals surface area contributed by atoms with Crippen molar-refractivity contribution in [3.63, 3.8) is 0 Å². The summed E-state index contributed by atoms with van der Waals surface area (Å²) in [7, 11) is 2.07. The molecule has 4 rings (SSSR count). The number of likely N-dealkylation sites (tertiary alicyclic amines) is 1. The molecule has 1 aliphatic heterocycles. The number of aliphatic hydroxyl groups is 1. The Morgan fingerprint density at radius 3 is 2.70 bits per heavy atom. The van der Waals surface area contributed by atoms with Crippen molar-refractivity contribution < 1.29 is 5.11 Å². The highest BCUT2D eigenvalue weighted by Crippen LogP contribution is 2.26. The minimum Gasteiger partial charge on any atom is -0.388 e. The van der Waals surface area contributed by atoms with Gasteiger partial charge in [-0.15, -0.1) is 0 Å². The van der Waals surface area contributed by atoms with Crippen LogP contribution in [0.25, 0.3) is 22.3 Å². The van der Waals surface area contributed by atoms with E-state index in [1.54, 1.807) is 16.9 Å². The molecule has 1 fully saturated rings. The Labute approximate surface area is 194 Å². The molecule has 9 heteroatoms. The first kappa shape index (κ1) is 23.1. The first-order chi connectivity index (χ1) is 16.0. The van der Waals surface area contributed by atoms with E-state index in [1.807, 2.05) is 29.3 Å². The third-order valence-electron chi connectivity index (χ3n) is 6.64. The molecule has 33 heavy (non-hydrogen) atoms. The highest BCUT2D eigenvalue weighted by atomic mass is 16.3. The van der Waals surface area contributed by atoms with Gasteiger partial charge in [-0.1, -0.05) is 13.8 Å². The topological polar surface area (TPSA) is 107 Å². The summed E-state index contributed by atoms with van der Waals surface area (Å²) in [6.07, 6.45) is 14.0. The molecule has 0 bridgehead atoms. The molecule has 1 aliphatic rings. The van der Waals surface area contributed by atoms with Crippen molar-refractivity contribution in [1.29, 1.82) is 5.41 Å². The average molecular weight is 451 g/mol. The van der Waals surface area contributed by atoms with Crippen LogP contribution in [0.2, 0.25) is 0 Å². The number of piperidine rings is 1. The van der Waals surface area contributed by atoms with Gasteiger partial charge in [-0.2, -0.15) is 10.2 Å². The highest BCUT2D eigenvalue weighted by molar-refractivity contribution is 6.07. The van der Waals surface area contributed by atoms with Crippen LogP contribution in [0.15, 0.2) is 37.1 Å². The van der Waals surface area contributed by atoms with Gasteiger partial charge in [0.25, 0.3) is 0 Å². The summed E-state index contributed by atoms with van der Waals surface area (Å²) in [5.41, 5.74) is 3.12. The quantitative estimate of drug-likeness (QED) is 0.433. The van der Waals surface area contributed by atoms with E-state index in [2.05, 4.69) is 41.3 Å². The Balaban J connectivity index is 1.61. The normalized spacial score (nSPS) is 17.1. The summed E-state index contributed by atoms with van der Waals surface area (Å²) in [6, 6.07) is 2.29. The fourth-order valence-corrected chi connectivity index (χ4v) is 4.35. The lowest BCUT2D eigenvalue weighted by molar-refractivity contribution is -0.0119. The summed E-state index contributed by atoms with van der Waals surface area (Å²) >= 11 is 0. The zero-order valence-electron chi connectivity index (χ0n) is 19.7. The number of nitrogens with one attached hydrogen (secondary N) is 2. The first-order valence-electron chi connectivity index (χ1n) is 11.7. The van der Waals surface area contributed by atoms with Crippen LogP contribution in [-0.2, 0) is 0 Å². The number of hydrogen-bond donors (Lipinski definition) is 3. The predicted octanol–water partition coefficient (Wildman–Crippen LogP) is 2.99. The molecule has 0 unspecified atom stereocenters. The van der Waals surface area contributed by atoms with E-state index in [0.29, 0.717) is 23.9 Å². The molecular weight excluding hydrogens is 416 g/mol. The van der Waals surface area contributed by atoms with Crippen LogP contribution in [0.5, 0.6) is 0 Å². The Bertz CT molecular complexity index is 1120. The molecule has 3 N–H and O–H groups in total. The Hall–Kier alpha value is -3.04. The van der Waals surface area contributed by atoms with Crippen LogP contribution in [0.1, 0.15) is 51.3 Å². The highest BCUT2D eigenvalue weighted by Gasteiger charge is 2.30. The SMILES string of the molecule is CCC(CC)n1cc(-c2nc(/C(C=N)=C/NCC3(O)CCN(C)CC3)cn3nccc23)cn1. The molecule has 3 aromatic rings. The van der Waals surface area contributed by atoms with Gasteiger partial charge in [-0.3, -0.25) is 4.68 Å². The van der Waals surface area contributed by atoms with Crippen molar-refractivity contribution in [1.82, 2.24) is 34.6 Å². The van der Waals surface area contributed by atoms with E-state index < -0.39 is 5.60 Å². The molecule has 3 aromatic heterocycles. The number of rotatable bonds is 9. The second-order valence-electron chi connectivity index (χ2n) is 8.97. The molecule has 0 aliphatic carbocycles. The summed E-state index contributed by atoms with van der Waals surface area (Å²) in [5, 5.41) is 31.0. The van der Waals surface area contributed by atoms with E-state index in [0.717, 1.165) is 55.5 Å². The zero-order valence-corrected chi connectivity index (χ0v) is 19.7. The second-order valence-corrected chi connectivity index (χ2v) is 8.97. The number of nitrogens with zero attached hydrogens (tertiary/aromatic N) is 6. The van der Waals surface area contributed by atoms with Crippen LogP contribution < -0.4 is 5.32 Å². The van der Waals surface area contributed by atoms with Crippen LogP contribution >= 0.6 is 0 Å². The largest absolute Gasteiger partial charge is 0.388 e. The summed E-state index contributed by atoms with van der Waals surface area (Å²) < 4.78 is 3.79. The monoisotopic (exact) mass is 450 g/mol. The van der Waals surface area contributed by atoms with Crippen molar-refractivity contribution in [3.8, 4) is 11.3 Å². The Morgan fingerprint density at radius 2 is 2.00 bits per heavy atom. The number of aromatic nitrogens is 5. The molecule has 0 spiro atoms. The second kappa shape index (κ2) is 9.84. The third-order valence-corrected chi connectivity index (χ3v) is 6.64. The summed E-state index contributed by atoms with van der Waals surface area (Å²) in [6.45, 7) is 6.53. The lowest BCUT2D eigenvalue weighted by atomic mass is 9.92. The maximum absolute atomic E-state index is 10.8. The van der Waals surface area contributed by atoms with Gasteiger partial charge in [0.1, 0.15) is 0 Å². The number of allylic oxidation sites excluding steroid dienone is 1. The summed E-state index contributed by atoms with van der Waals surface area (Å²) in [4.78, 5) is 7.11. The number of fused-ring (bicyclic) bond motifs is 1. The average Bonchev–Trinajstić information content (AvgIpc) is 3.49. The predicted molar refractivity (Wildman–Crippen MR) is 130 cm³/mol. The minimum absolute atomic E-state index is 0.356. The van der Waals surface area contributed by atoms with Gasteiger partial charge in [0, 0.05) is 49.4 Å². The Kier molecular flexibility index (Phi) is 6.90.